The minimum Gasteiger partial charge on any atom is -0.383 e. The van der Waals surface area contributed by atoms with Gasteiger partial charge in [-0.05, 0) is 38.3 Å². The minimum atomic E-state index is -1.07. The second-order valence-electron chi connectivity index (χ2n) is 5.40. The molecule has 2 amide bonds. The third kappa shape index (κ3) is 3.49. The molecule has 0 spiro atoms. The van der Waals surface area contributed by atoms with Crippen LogP contribution in [0, 0.1) is 0 Å². The van der Waals surface area contributed by atoms with Crippen LogP contribution in [0.1, 0.15) is 25.6 Å². The third-order valence-corrected chi connectivity index (χ3v) is 4.34. The maximum atomic E-state index is 11.6. The molecule has 0 aliphatic rings. The van der Waals surface area contributed by atoms with Gasteiger partial charge in [0.1, 0.15) is 5.60 Å². The summed E-state index contributed by atoms with van der Waals surface area (Å²) in [6.45, 7) is 5.68. The van der Waals surface area contributed by atoms with Crippen molar-refractivity contribution in [2.24, 2.45) is 0 Å². The first-order chi connectivity index (χ1) is 9.38. The van der Waals surface area contributed by atoms with Crippen LogP contribution in [0.2, 0.25) is 0 Å². The highest BCUT2D eigenvalue weighted by molar-refractivity contribution is 7.19. The summed E-state index contributed by atoms with van der Waals surface area (Å²) in [4.78, 5) is 12.4. The Bertz CT molecular complexity index is 572. The summed E-state index contributed by atoms with van der Waals surface area (Å²) >= 11 is 1.55. The predicted octanol–water partition coefficient (Wildman–Crippen LogP) is 2.82. The molecule has 0 saturated heterocycles. The van der Waals surface area contributed by atoms with Gasteiger partial charge in [-0.1, -0.05) is 18.2 Å². The summed E-state index contributed by atoms with van der Waals surface area (Å²) in [5.74, 6) is 0. The lowest BCUT2D eigenvalue weighted by Crippen LogP contribution is -2.45. The summed E-state index contributed by atoms with van der Waals surface area (Å²) in [6.07, 6.45) is 0. The van der Waals surface area contributed by atoms with Gasteiger partial charge in [0, 0.05) is 15.6 Å². The van der Waals surface area contributed by atoms with E-state index in [4.69, 9.17) is 0 Å². The summed E-state index contributed by atoms with van der Waals surface area (Å²) in [5.41, 5.74) is -1.07. The van der Waals surface area contributed by atoms with Gasteiger partial charge in [0.15, 0.2) is 0 Å². The first-order valence-corrected chi connectivity index (χ1v) is 7.46. The van der Waals surface area contributed by atoms with Crippen molar-refractivity contribution in [3.05, 3.63) is 35.2 Å². The van der Waals surface area contributed by atoms with E-state index in [9.17, 15) is 9.90 Å². The molecule has 4 nitrogen and oxygen atoms in total. The standard InChI is InChI=1S/C15H20N2O2S/c1-10(2)17-14(18)16-9-15(3,19)13-8-11-6-4-5-7-12(11)20-13/h4-8,10,19H,9H2,1-3H3,(H2,16,17,18)/t15-/m0/s1. The molecule has 0 radical (unpaired) electrons. The molecular formula is C15H20N2O2S. The maximum Gasteiger partial charge on any atom is 0.315 e. The largest absolute Gasteiger partial charge is 0.383 e. The summed E-state index contributed by atoms with van der Waals surface area (Å²) in [5, 5.41) is 17.1. The highest BCUT2D eigenvalue weighted by atomic mass is 32.1. The molecule has 1 heterocycles. The molecule has 20 heavy (non-hydrogen) atoms. The van der Waals surface area contributed by atoms with E-state index in [1.165, 1.54) is 0 Å². The molecule has 108 valence electrons. The lowest BCUT2D eigenvalue weighted by Gasteiger charge is -2.22. The fourth-order valence-electron chi connectivity index (χ4n) is 1.90. The molecule has 0 bridgehead atoms. The zero-order valence-electron chi connectivity index (χ0n) is 11.9. The predicted molar refractivity (Wildman–Crippen MR) is 83.1 cm³/mol. The Kier molecular flexibility index (Phi) is 4.30. The molecule has 2 rings (SSSR count). The SMILES string of the molecule is CC(C)NC(=O)NC[C@](C)(O)c1cc2ccccc2s1. The van der Waals surface area contributed by atoms with Crippen LogP contribution in [0.5, 0.6) is 0 Å². The number of urea groups is 1. The van der Waals surface area contributed by atoms with Crippen LogP contribution in [0.25, 0.3) is 10.1 Å². The number of thiophene rings is 1. The molecule has 2 aromatic rings. The molecule has 0 saturated carbocycles. The fourth-order valence-corrected chi connectivity index (χ4v) is 3.01. The smallest absolute Gasteiger partial charge is 0.315 e. The number of fused-ring (bicyclic) bond motifs is 1. The number of amides is 2. The Morgan fingerprint density at radius 3 is 2.75 bits per heavy atom. The topological polar surface area (TPSA) is 61.4 Å². The lowest BCUT2D eigenvalue weighted by atomic mass is 10.0. The van der Waals surface area contributed by atoms with E-state index in [1.54, 1.807) is 18.3 Å². The summed E-state index contributed by atoms with van der Waals surface area (Å²) in [6, 6.07) is 9.78. The number of aliphatic hydroxyl groups is 1. The van der Waals surface area contributed by atoms with Crippen molar-refractivity contribution in [2.75, 3.05) is 6.54 Å². The fraction of sp³-hybridized carbons (Fsp3) is 0.400. The average molecular weight is 292 g/mol. The van der Waals surface area contributed by atoms with Gasteiger partial charge in [0.2, 0.25) is 0 Å². The van der Waals surface area contributed by atoms with Crippen LogP contribution >= 0.6 is 11.3 Å². The van der Waals surface area contributed by atoms with E-state index in [0.29, 0.717) is 0 Å². The Morgan fingerprint density at radius 1 is 1.40 bits per heavy atom. The molecule has 1 atom stereocenters. The van der Waals surface area contributed by atoms with E-state index in [2.05, 4.69) is 10.6 Å². The van der Waals surface area contributed by atoms with Crippen molar-refractivity contribution in [3.8, 4) is 0 Å². The van der Waals surface area contributed by atoms with Crippen molar-refractivity contribution in [1.29, 1.82) is 0 Å². The van der Waals surface area contributed by atoms with Crippen molar-refractivity contribution in [2.45, 2.75) is 32.4 Å². The molecule has 3 N–H and O–H groups in total. The molecule has 0 aliphatic carbocycles. The molecule has 1 aromatic carbocycles. The number of rotatable bonds is 4. The first kappa shape index (κ1) is 14.8. The van der Waals surface area contributed by atoms with Crippen LogP contribution < -0.4 is 10.6 Å². The van der Waals surface area contributed by atoms with Crippen LogP contribution in [0.4, 0.5) is 4.79 Å². The van der Waals surface area contributed by atoms with Crippen LogP contribution in [-0.4, -0.2) is 23.7 Å². The Morgan fingerprint density at radius 2 is 2.10 bits per heavy atom. The van der Waals surface area contributed by atoms with Crippen LogP contribution in [-0.2, 0) is 5.60 Å². The van der Waals surface area contributed by atoms with Gasteiger partial charge < -0.3 is 15.7 Å². The normalized spacial score (nSPS) is 14.2. The highest BCUT2D eigenvalue weighted by Gasteiger charge is 2.26. The number of benzene rings is 1. The number of carbonyl (C=O) groups is 1. The van der Waals surface area contributed by atoms with Crippen molar-refractivity contribution < 1.29 is 9.90 Å². The number of carbonyl (C=O) groups excluding carboxylic acids is 1. The van der Waals surface area contributed by atoms with E-state index >= 15 is 0 Å². The molecule has 0 aliphatic heterocycles. The quantitative estimate of drug-likeness (QED) is 0.811. The zero-order valence-corrected chi connectivity index (χ0v) is 12.8. The summed E-state index contributed by atoms with van der Waals surface area (Å²) in [7, 11) is 0. The van der Waals surface area contributed by atoms with Gasteiger partial charge in [-0.25, -0.2) is 4.79 Å². The van der Waals surface area contributed by atoms with Gasteiger partial charge in [-0.3, -0.25) is 0 Å². The van der Waals surface area contributed by atoms with E-state index in [1.807, 2.05) is 44.2 Å². The lowest BCUT2D eigenvalue weighted by molar-refractivity contribution is 0.0631. The summed E-state index contributed by atoms with van der Waals surface area (Å²) < 4.78 is 1.13. The molecular weight excluding hydrogens is 272 g/mol. The Balaban J connectivity index is 2.07. The number of hydrogen-bond donors (Lipinski definition) is 3. The Labute approximate surface area is 122 Å². The molecule has 0 fully saturated rings. The first-order valence-electron chi connectivity index (χ1n) is 6.64. The average Bonchev–Trinajstić information content (AvgIpc) is 2.80. The second kappa shape index (κ2) is 5.81. The van der Waals surface area contributed by atoms with Crippen molar-refractivity contribution in [1.82, 2.24) is 10.6 Å². The van der Waals surface area contributed by atoms with Gasteiger partial charge in [0.05, 0.1) is 6.54 Å². The number of hydrogen-bond acceptors (Lipinski definition) is 3. The second-order valence-corrected chi connectivity index (χ2v) is 6.49. The van der Waals surface area contributed by atoms with E-state index in [-0.39, 0.29) is 18.6 Å². The molecule has 1 aromatic heterocycles. The van der Waals surface area contributed by atoms with Gasteiger partial charge >= 0.3 is 6.03 Å². The van der Waals surface area contributed by atoms with Crippen molar-refractivity contribution >= 4 is 27.5 Å². The maximum absolute atomic E-state index is 11.6. The zero-order chi connectivity index (χ0) is 14.8. The highest BCUT2D eigenvalue weighted by Crippen LogP contribution is 2.32. The minimum absolute atomic E-state index is 0.0734. The molecule has 5 heteroatoms. The Hall–Kier alpha value is -1.59. The monoisotopic (exact) mass is 292 g/mol. The van der Waals surface area contributed by atoms with E-state index < -0.39 is 5.60 Å². The third-order valence-electron chi connectivity index (χ3n) is 2.97. The van der Waals surface area contributed by atoms with E-state index in [0.717, 1.165) is 15.0 Å². The van der Waals surface area contributed by atoms with Crippen molar-refractivity contribution in [3.63, 3.8) is 0 Å². The molecule has 0 unspecified atom stereocenters. The van der Waals surface area contributed by atoms with Crippen LogP contribution in [0.3, 0.4) is 0 Å². The van der Waals surface area contributed by atoms with Gasteiger partial charge in [-0.15, -0.1) is 11.3 Å². The van der Waals surface area contributed by atoms with Gasteiger partial charge in [-0.2, -0.15) is 0 Å². The van der Waals surface area contributed by atoms with Crippen LogP contribution in [0.15, 0.2) is 30.3 Å². The van der Waals surface area contributed by atoms with Gasteiger partial charge in [0.25, 0.3) is 0 Å². The number of nitrogens with one attached hydrogen (secondary N) is 2.